The molecule has 1 aromatic carbocycles. The lowest BCUT2D eigenvalue weighted by Crippen LogP contribution is -2.19. The quantitative estimate of drug-likeness (QED) is 0.242. The third-order valence-corrected chi connectivity index (χ3v) is 4.46. The Kier molecular flexibility index (Phi) is 12.0. The van der Waals surface area contributed by atoms with Crippen LogP contribution in [0.4, 0.5) is 5.69 Å². The van der Waals surface area contributed by atoms with E-state index >= 15 is 0 Å². The number of nitrogens with zero attached hydrogens (tertiary/aromatic N) is 1. The Bertz CT molecular complexity index is 701. The number of carbonyl (C=O) groups excluding carboxylic acids is 2. The van der Waals surface area contributed by atoms with Crippen LogP contribution < -0.4 is 10.7 Å². The monoisotopic (exact) mass is 403 g/mol. The van der Waals surface area contributed by atoms with Gasteiger partial charge in [0.2, 0.25) is 11.8 Å². The first-order chi connectivity index (χ1) is 13.9. The van der Waals surface area contributed by atoms with Gasteiger partial charge in [0.05, 0.1) is 5.71 Å². The van der Waals surface area contributed by atoms with Crippen molar-refractivity contribution >= 4 is 29.2 Å². The van der Waals surface area contributed by atoms with Gasteiger partial charge in [0, 0.05) is 24.9 Å². The van der Waals surface area contributed by atoms with Gasteiger partial charge in [-0.1, -0.05) is 51.2 Å². The molecule has 0 aromatic heterocycles. The predicted octanol–water partition coefficient (Wildman–Crippen LogP) is 4.47. The van der Waals surface area contributed by atoms with E-state index in [9.17, 15) is 14.4 Å². The number of hydrazone groups is 1. The van der Waals surface area contributed by atoms with Crippen LogP contribution in [0.5, 0.6) is 0 Å². The van der Waals surface area contributed by atoms with Gasteiger partial charge >= 0.3 is 5.97 Å². The van der Waals surface area contributed by atoms with Crippen LogP contribution in [0.1, 0.15) is 83.6 Å². The average molecular weight is 404 g/mol. The Balaban J connectivity index is 2.44. The Labute approximate surface area is 173 Å². The molecule has 7 heteroatoms. The van der Waals surface area contributed by atoms with E-state index in [4.69, 9.17) is 5.11 Å². The summed E-state index contributed by atoms with van der Waals surface area (Å²) >= 11 is 0. The highest BCUT2D eigenvalue weighted by Gasteiger charge is 2.06. The number of carboxylic acids is 1. The van der Waals surface area contributed by atoms with Crippen molar-refractivity contribution in [2.75, 3.05) is 5.32 Å². The van der Waals surface area contributed by atoms with E-state index in [-0.39, 0.29) is 24.7 Å². The highest BCUT2D eigenvalue weighted by atomic mass is 16.4. The third kappa shape index (κ3) is 11.7. The van der Waals surface area contributed by atoms with E-state index < -0.39 is 5.97 Å². The van der Waals surface area contributed by atoms with Crippen molar-refractivity contribution in [3.63, 3.8) is 0 Å². The number of aliphatic carboxylic acids is 1. The maximum absolute atomic E-state index is 11.9. The fourth-order valence-electron chi connectivity index (χ4n) is 2.78. The SMILES string of the molecule is CCCCCCCCC(=O)N/N=C(\C)c1cccc(NC(=O)CCCC(=O)O)c1. The topological polar surface area (TPSA) is 108 Å². The molecule has 0 aliphatic rings. The Morgan fingerprint density at radius 1 is 0.931 bits per heavy atom. The molecular formula is C22H33N3O4. The fraction of sp³-hybridized carbons (Fsp3) is 0.545. The molecule has 0 saturated heterocycles. The minimum atomic E-state index is -0.912. The molecule has 0 spiro atoms. The first-order valence-corrected chi connectivity index (χ1v) is 10.4. The van der Waals surface area contributed by atoms with Crippen LogP contribution >= 0.6 is 0 Å². The Morgan fingerprint density at radius 3 is 2.34 bits per heavy atom. The van der Waals surface area contributed by atoms with Crippen molar-refractivity contribution in [1.29, 1.82) is 0 Å². The van der Waals surface area contributed by atoms with Gasteiger partial charge < -0.3 is 10.4 Å². The van der Waals surface area contributed by atoms with Crippen LogP contribution in [0.15, 0.2) is 29.4 Å². The lowest BCUT2D eigenvalue weighted by atomic mass is 10.1. The maximum atomic E-state index is 11.9. The normalized spacial score (nSPS) is 11.2. The molecule has 160 valence electrons. The number of amides is 2. The van der Waals surface area contributed by atoms with Gasteiger partial charge in [-0.2, -0.15) is 5.10 Å². The summed E-state index contributed by atoms with van der Waals surface area (Å²) in [6, 6.07) is 7.16. The number of carbonyl (C=O) groups is 3. The molecule has 7 nitrogen and oxygen atoms in total. The molecule has 0 aliphatic carbocycles. The van der Waals surface area contributed by atoms with E-state index in [1.165, 1.54) is 19.3 Å². The number of hydrogen-bond acceptors (Lipinski definition) is 4. The molecule has 2 amide bonds. The minimum absolute atomic E-state index is 0.0301. The van der Waals surface area contributed by atoms with Gasteiger partial charge in [0.15, 0.2) is 0 Å². The van der Waals surface area contributed by atoms with Crippen LogP contribution in [-0.2, 0) is 14.4 Å². The molecule has 0 saturated carbocycles. The molecular weight excluding hydrogens is 370 g/mol. The molecule has 0 fully saturated rings. The number of anilines is 1. The lowest BCUT2D eigenvalue weighted by Gasteiger charge is -2.08. The van der Waals surface area contributed by atoms with Crippen molar-refractivity contribution in [2.45, 2.75) is 78.1 Å². The molecule has 3 N–H and O–H groups in total. The number of unbranched alkanes of at least 4 members (excludes halogenated alkanes) is 5. The van der Waals surface area contributed by atoms with Gasteiger partial charge in [-0.3, -0.25) is 14.4 Å². The van der Waals surface area contributed by atoms with Gasteiger partial charge in [-0.05, 0) is 37.5 Å². The van der Waals surface area contributed by atoms with Crippen molar-refractivity contribution in [3.05, 3.63) is 29.8 Å². The minimum Gasteiger partial charge on any atom is -0.481 e. The molecule has 0 heterocycles. The maximum Gasteiger partial charge on any atom is 0.303 e. The summed E-state index contributed by atoms with van der Waals surface area (Å²) in [4.78, 5) is 34.3. The van der Waals surface area contributed by atoms with Crippen molar-refractivity contribution in [2.24, 2.45) is 5.10 Å². The lowest BCUT2D eigenvalue weighted by molar-refractivity contribution is -0.137. The van der Waals surface area contributed by atoms with Gasteiger partial charge in [0.1, 0.15) is 0 Å². The smallest absolute Gasteiger partial charge is 0.303 e. The van der Waals surface area contributed by atoms with Crippen LogP contribution in [0.2, 0.25) is 0 Å². The van der Waals surface area contributed by atoms with E-state index in [0.717, 1.165) is 24.8 Å². The van der Waals surface area contributed by atoms with Crippen LogP contribution in [0, 0.1) is 0 Å². The molecule has 0 radical (unpaired) electrons. The van der Waals surface area contributed by atoms with E-state index in [2.05, 4.69) is 22.8 Å². The van der Waals surface area contributed by atoms with E-state index in [1.807, 2.05) is 6.07 Å². The second kappa shape index (κ2) is 14.3. The van der Waals surface area contributed by atoms with Crippen LogP contribution in [0.25, 0.3) is 0 Å². The van der Waals surface area contributed by atoms with Crippen LogP contribution in [-0.4, -0.2) is 28.6 Å². The summed E-state index contributed by atoms with van der Waals surface area (Å²) in [6.45, 7) is 3.97. The van der Waals surface area contributed by atoms with Crippen molar-refractivity contribution in [3.8, 4) is 0 Å². The molecule has 1 aromatic rings. The summed E-state index contributed by atoms with van der Waals surface area (Å²) in [5.74, 6) is -1.24. The summed E-state index contributed by atoms with van der Waals surface area (Å²) < 4.78 is 0. The first kappa shape index (κ1) is 24.3. The number of hydrogen-bond donors (Lipinski definition) is 3. The fourth-order valence-corrected chi connectivity index (χ4v) is 2.78. The molecule has 0 atom stereocenters. The highest BCUT2D eigenvalue weighted by molar-refractivity contribution is 6.01. The standard InChI is InChI=1S/C22H33N3O4/c1-3-4-5-6-7-8-13-21(27)25-24-17(2)18-11-9-12-19(16-18)23-20(26)14-10-15-22(28)29/h9,11-12,16H,3-8,10,13-15H2,1-2H3,(H,23,26)(H,25,27)(H,28,29)/b24-17+. The van der Waals surface area contributed by atoms with Crippen molar-refractivity contribution < 1.29 is 19.5 Å². The molecule has 29 heavy (non-hydrogen) atoms. The first-order valence-electron chi connectivity index (χ1n) is 10.4. The number of carboxylic acid groups (broad SMARTS) is 1. The predicted molar refractivity (Wildman–Crippen MR) is 115 cm³/mol. The second-order valence-electron chi connectivity index (χ2n) is 7.13. The zero-order valence-electron chi connectivity index (χ0n) is 17.5. The summed E-state index contributed by atoms with van der Waals surface area (Å²) in [6.07, 6.45) is 7.66. The van der Waals surface area contributed by atoms with Crippen LogP contribution in [0.3, 0.4) is 0 Å². The van der Waals surface area contributed by atoms with E-state index in [0.29, 0.717) is 24.2 Å². The van der Waals surface area contributed by atoms with Gasteiger partial charge in [-0.25, -0.2) is 5.43 Å². The zero-order valence-corrected chi connectivity index (χ0v) is 17.5. The van der Waals surface area contributed by atoms with E-state index in [1.54, 1.807) is 25.1 Å². The summed E-state index contributed by atoms with van der Waals surface area (Å²) in [5.41, 5.74) is 4.62. The van der Waals surface area contributed by atoms with Gasteiger partial charge in [-0.15, -0.1) is 0 Å². The Morgan fingerprint density at radius 2 is 1.62 bits per heavy atom. The molecule has 0 bridgehead atoms. The summed E-state index contributed by atoms with van der Waals surface area (Å²) in [5, 5.41) is 15.5. The number of nitrogens with one attached hydrogen (secondary N) is 2. The second-order valence-corrected chi connectivity index (χ2v) is 7.13. The average Bonchev–Trinajstić information content (AvgIpc) is 2.68. The largest absolute Gasteiger partial charge is 0.481 e. The number of rotatable bonds is 14. The highest BCUT2D eigenvalue weighted by Crippen LogP contribution is 2.13. The number of benzene rings is 1. The third-order valence-electron chi connectivity index (χ3n) is 4.46. The zero-order chi connectivity index (χ0) is 21.5. The molecule has 0 unspecified atom stereocenters. The molecule has 1 rings (SSSR count). The molecule has 0 aliphatic heterocycles. The Hall–Kier alpha value is -2.70. The van der Waals surface area contributed by atoms with Crippen molar-refractivity contribution in [1.82, 2.24) is 5.43 Å². The summed E-state index contributed by atoms with van der Waals surface area (Å²) in [7, 11) is 0. The van der Waals surface area contributed by atoms with Gasteiger partial charge in [0.25, 0.3) is 0 Å².